The quantitative estimate of drug-likeness (QED) is 0.398. The van der Waals surface area contributed by atoms with Gasteiger partial charge >= 0.3 is 0 Å². The number of thiocarbonyl (C=S) groups is 1. The van der Waals surface area contributed by atoms with Gasteiger partial charge in [-0.1, -0.05) is 42.2 Å². The fraction of sp³-hybridized carbons (Fsp3) is 0.208. The van der Waals surface area contributed by atoms with Gasteiger partial charge < -0.3 is 15.1 Å². The summed E-state index contributed by atoms with van der Waals surface area (Å²) in [5.74, 6) is -1.60. The van der Waals surface area contributed by atoms with Crippen molar-refractivity contribution in [1.82, 2.24) is 25.2 Å². The van der Waals surface area contributed by atoms with Crippen LogP contribution < -0.4 is 10.2 Å². The van der Waals surface area contributed by atoms with E-state index in [1.165, 1.54) is 23.0 Å². The van der Waals surface area contributed by atoms with E-state index in [-0.39, 0.29) is 28.8 Å². The number of amides is 1. The van der Waals surface area contributed by atoms with Crippen molar-refractivity contribution in [2.24, 2.45) is 0 Å². The van der Waals surface area contributed by atoms with Crippen molar-refractivity contribution in [2.45, 2.75) is 6.54 Å². The molecule has 1 aliphatic heterocycles. The molecule has 3 aromatic rings. The summed E-state index contributed by atoms with van der Waals surface area (Å²) in [5, 5.41) is 10.5. The van der Waals surface area contributed by atoms with Gasteiger partial charge in [-0.2, -0.15) is 0 Å². The summed E-state index contributed by atoms with van der Waals surface area (Å²) in [5.41, 5.74) is 1.94. The Morgan fingerprint density at radius 3 is 2.37 bits per heavy atom. The monoisotopic (exact) mass is 496 g/mol. The molecular weight excluding hydrogens is 474 g/mol. The summed E-state index contributed by atoms with van der Waals surface area (Å²) >= 11 is 4.76. The van der Waals surface area contributed by atoms with Crippen molar-refractivity contribution in [1.29, 1.82) is 0 Å². The number of halogens is 2. The van der Waals surface area contributed by atoms with Gasteiger partial charge in [-0.3, -0.25) is 9.59 Å². The van der Waals surface area contributed by atoms with E-state index < -0.39 is 11.6 Å². The topological polar surface area (TPSA) is 83.4 Å². The van der Waals surface area contributed by atoms with Crippen LogP contribution in [0.4, 0.5) is 14.5 Å². The minimum atomic E-state index is -0.739. The van der Waals surface area contributed by atoms with E-state index in [9.17, 15) is 18.4 Å². The summed E-state index contributed by atoms with van der Waals surface area (Å²) in [6.45, 7) is 5.11. The third-order valence-corrected chi connectivity index (χ3v) is 5.87. The Hall–Kier alpha value is -3.99. The van der Waals surface area contributed by atoms with Crippen molar-refractivity contribution in [3.63, 3.8) is 0 Å². The molecule has 1 aliphatic rings. The van der Waals surface area contributed by atoms with Crippen LogP contribution in [0.3, 0.4) is 0 Å². The number of nitrogens with zero attached hydrogens (tertiary/aromatic N) is 5. The average molecular weight is 497 g/mol. The Morgan fingerprint density at radius 2 is 1.77 bits per heavy atom. The van der Waals surface area contributed by atoms with Gasteiger partial charge in [0, 0.05) is 43.9 Å². The Kier molecular flexibility index (Phi) is 7.25. The van der Waals surface area contributed by atoms with Crippen LogP contribution in [0.5, 0.6) is 0 Å². The molecule has 4 rings (SSSR count). The lowest BCUT2D eigenvalue weighted by atomic mass is 10.1. The van der Waals surface area contributed by atoms with Crippen LogP contribution in [0.2, 0.25) is 0 Å². The van der Waals surface area contributed by atoms with Gasteiger partial charge in [-0.25, -0.2) is 13.5 Å². The molecule has 1 fully saturated rings. The average Bonchev–Trinajstić information content (AvgIpc) is 3.36. The van der Waals surface area contributed by atoms with Crippen LogP contribution in [0, 0.1) is 11.6 Å². The highest BCUT2D eigenvalue weighted by Crippen LogP contribution is 2.27. The number of carbonyl (C=O) groups excluding carboxylic acids is 2. The standard InChI is InChI=1S/C24H22F2N6O2S/c1-2-16-3-5-17(6-4-16)24(34)31-9-7-30(8-10-31)23-20(25)11-19(12-21(23)26)32-14-18(28-29-32)13-27-22(35)15-33/h2-6,11-12,14-15H,1,7-10,13H2,(H,27,35). The SMILES string of the molecule is C=Cc1ccc(C(=O)N2CCN(c3c(F)cc(-n4cc(CNC(=S)C=O)nn4)cc3F)CC2)cc1. The second-order valence-corrected chi connectivity index (χ2v) is 8.29. The second-order valence-electron chi connectivity index (χ2n) is 7.85. The summed E-state index contributed by atoms with van der Waals surface area (Å²) < 4.78 is 31.2. The maximum Gasteiger partial charge on any atom is 0.253 e. The molecule has 1 aromatic heterocycles. The molecular formula is C24H22F2N6O2S. The highest BCUT2D eigenvalue weighted by atomic mass is 32.1. The third-order valence-electron chi connectivity index (χ3n) is 5.63. The zero-order valence-electron chi connectivity index (χ0n) is 18.7. The number of hydrogen-bond donors (Lipinski definition) is 1. The molecule has 0 saturated carbocycles. The van der Waals surface area contributed by atoms with E-state index in [1.54, 1.807) is 28.0 Å². The molecule has 180 valence electrons. The first-order valence-corrected chi connectivity index (χ1v) is 11.2. The predicted octanol–water partition coefficient (Wildman–Crippen LogP) is 2.77. The van der Waals surface area contributed by atoms with E-state index >= 15 is 0 Å². The Balaban J connectivity index is 1.42. The molecule has 0 unspecified atom stereocenters. The second kappa shape index (κ2) is 10.5. The van der Waals surface area contributed by atoms with Gasteiger partial charge in [-0.15, -0.1) is 5.10 Å². The van der Waals surface area contributed by atoms with E-state index in [1.807, 2.05) is 12.1 Å². The van der Waals surface area contributed by atoms with Crippen LogP contribution >= 0.6 is 12.2 Å². The van der Waals surface area contributed by atoms with Crippen LogP contribution in [0.25, 0.3) is 11.8 Å². The summed E-state index contributed by atoms with van der Waals surface area (Å²) in [4.78, 5) is 26.6. The Bertz CT molecular complexity index is 1250. The number of carbonyl (C=O) groups is 2. The van der Waals surface area contributed by atoms with E-state index in [0.29, 0.717) is 43.7 Å². The van der Waals surface area contributed by atoms with Crippen LogP contribution in [0.15, 0.2) is 49.2 Å². The summed E-state index contributed by atoms with van der Waals surface area (Å²) in [6.07, 6.45) is 3.69. The number of aromatic nitrogens is 3. The van der Waals surface area contributed by atoms with Crippen molar-refractivity contribution in [3.05, 3.63) is 77.6 Å². The van der Waals surface area contributed by atoms with Gasteiger partial charge in [0.05, 0.1) is 18.4 Å². The van der Waals surface area contributed by atoms with Gasteiger partial charge in [0.25, 0.3) is 5.91 Å². The van der Waals surface area contributed by atoms with Gasteiger partial charge in [0.1, 0.15) is 16.4 Å². The fourth-order valence-corrected chi connectivity index (χ4v) is 3.86. The molecule has 1 amide bonds. The Labute approximate surface area is 205 Å². The van der Waals surface area contributed by atoms with Gasteiger partial charge in [0.15, 0.2) is 17.9 Å². The number of nitrogens with one attached hydrogen (secondary N) is 1. The minimum Gasteiger partial charge on any atom is -0.368 e. The van der Waals surface area contributed by atoms with Crippen molar-refractivity contribution in [3.8, 4) is 5.69 Å². The van der Waals surface area contributed by atoms with Crippen molar-refractivity contribution >= 4 is 41.2 Å². The number of benzene rings is 2. The molecule has 2 aromatic carbocycles. The van der Waals surface area contributed by atoms with Gasteiger partial charge in [0.2, 0.25) is 0 Å². The molecule has 35 heavy (non-hydrogen) atoms. The van der Waals surface area contributed by atoms with Crippen LogP contribution in [0.1, 0.15) is 21.6 Å². The normalized spacial score (nSPS) is 13.4. The minimum absolute atomic E-state index is 0.0217. The lowest BCUT2D eigenvalue weighted by molar-refractivity contribution is -0.102. The molecule has 1 N–H and O–H groups in total. The number of anilines is 1. The summed E-state index contributed by atoms with van der Waals surface area (Å²) in [7, 11) is 0. The van der Waals surface area contributed by atoms with Crippen molar-refractivity contribution < 1.29 is 18.4 Å². The molecule has 0 spiro atoms. The summed E-state index contributed by atoms with van der Waals surface area (Å²) in [6, 6.07) is 9.48. The van der Waals surface area contributed by atoms with E-state index in [0.717, 1.165) is 5.56 Å². The van der Waals surface area contributed by atoms with Gasteiger partial charge in [-0.05, 0) is 17.7 Å². The number of hydrogen-bond acceptors (Lipinski definition) is 6. The van der Waals surface area contributed by atoms with E-state index in [2.05, 4.69) is 22.2 Å². The number of rotatable bonds is 7. The molecule has 0 bridgehead atoms. The van der Waals surface area contributed by atoms with Crippen LogP contribution in [-0.2, 0) is 11.3 Å². The first-order valence-electron chi connectivity index (χ1n) is 10.8. The number of aldehydes is 1. The van der Waals surface area contributed by atoms with Crippen LogP contribution in [-0.4, -0.2) is 63.3 Å². The first-order chi connectivity index (χ1) is 16.9. The molecule has 0 atom stereocenters. The molecule has 8 nitrogen and oxygen atoms in total. The molecule has 0 radical (unpaired) electrons. The number of piperazine rings is 1. The lowest BCUT2D eigenvalue weighted by Crippen LogP contribution is -2.49. The van der Waals surface area contributed by atoms with E-state index in [4.69, 9.17) is 12.2 Å². The first kappa shape index (κ1) is 24.1. The maximum atomic E-state index is 15.0. The highest BCUT2D eigenvalue weighted by molar-refractivity contribution is 7.81. The van der Waals surface area contributed by atoms with Crippen molar-refractivity contribution in [2.75, 3.05) is 31.1 Å². The highest BCUT2D eigenvalue weighted by Gasteiger charge is 2.26. The zero-order valence-corrected chi connectivity index (χ0v) is 19.5. The largest absolute Gasteiger partial charge is 0.368 e. The zero-order chi connectivity index (χ0) is 24.9. The molecule has 11 heteroatoms. The maximum absolute atomic E-state index is 15.0. The molecule has 0 aliphatic carbocycles. The molecule has 2 heterocycles. The smallest absolute Gasteiger partial charge is 0.253 e. The Morgan fingerprint density at radius 1 is 1.11 bits per heavy atom. The molecule has 1 saturated heterocycles. The predicted molar refractivity (Wildman–Crippen MR) is 131 cm³/mol. The fourth-order valence-electron chi connectivity index (χ4n) is 3.79. The lowest BCUT2D eigenvalue weighted by Gasteiger charge is -2.36. The third kappa shape index (κ3) is 5.40.